The van der Waals surface area contributed by atoms with Crippen LogP contribution in [0.4, 0.5) is 0 Å². The first kappa shape index (κ1) is 12.6. The van der Waals surface area contributed by atoms with Crippen LogP contribution in [0.15, 0.2) is 5.11 Å². The fraction of sp³-hybridized carbons (Fsp3) is 1.00. The summed E-state index contributed by atoms with van der Waals surface area (Å²) < 4.78 is 27.7. The van der Waals surface area contributed by atoms with Gasteiger partial charge in [0.2, 0.25) is 0 Å². The van der Waals surface area contributed by atoms with E-state index in [1.54, 1.807) is 4.31 Å². The predicted octanol–water partition coefficient (Wildman–Crippen LogP) is 1.10. The molecule has 2 aliphatic rings. The third-order valence-corrected chi connectivity index (χ3v) is 5.46. The Bertz CT molecular complexity index is 411. The van der Waals surface area contributed by atoms with Crippen molar-refractivity contribution in [1.29, 1.82) is 0 Å². The lowest BCUT2D eigenvalue weighted by atomic mass is 10.2. The lowest BCUT2D eigenvalue weighted by Crippen LogP contribution is -2.45. The van der Waals surface area contributed by atoms with E-state index in [2.05, 4.69) is 10.0 Å². The lowest BCUT2D eigenvalue weighted by Gasteiger charge is -2.27. The first-order valence-corrected chi connectivity index (χ1v) is 7.34. The Labute approximate surface area is 101 Å². The zero-order valence-electron chi connectivity index (χ0n) is 9.70. The second-order valence-electron chi connectivity index (χ2n) is 4.43. The molecule has 0 spiro atoms. The summed E-state index contributed by atoms with van der Waals surface area (Å²) in [6.07, 6.45) is 3.51. The molecular formula is C9H17N5O2S. The van der Waals surface area contributed by atoms with Gasteiger partial charge in [0.1, 0.15) is 0 Å². The lowest BCUT2D eigenvalue weighted by molar-refractivity contribution is 0.347. The molecule has 2 saturated heterocycles. The van der Waals surface area contributed by atoms with Crippen molar-refractivity contribution in [3.63, 3.8) is 0 Å². The van der Waals surface area contributed by atoms with Gasteiger partial charge in [0, 0.05) is 37.1 Å². The molecule has 8 heteroatoms. The quantitative estimate of drug-likeness (QED) is 0.430. The molecule has 0 aromatic rings. The Hall–Kier alpha value is -0.820. The predicted molar refractivity (Wildman–Crippen MR) is 63.5 cm³/mol. The van der Waals surface area contributed by atoms with Gasteiger partial charge in [-0.1, -0.05) is 5.11 Å². The van der Waals surface area contributed by atoms with E-state index in [0.29, 0.717) is 19.6 Å². The second kappa shape index (κ2) is 5.22. The van der Waals surface area contributed by atoms with Crippen molar-refractivity contribution in [2.45, 2.75) is 31.7 Å². The molecule has 0 amide bonds. The van der Waals surface area contributed by atoms with E-state index in [4.69, 9.17) is 5.53 Å². The molecule has 96 valence electrons. The summed E-state index contributed by atoms with van der Waals surface area (Å²) in [5.41, 5.74) is 8.31. The molecule has 0 aromatic carbocycles. The minimum atomic E-state index is -3.33. The minimum absolute atomic E-state index is 0.156. The zero-order chi connectivity index (χ0) is 12.3. The standard InChI is InChI=1S/C9H17N5O2S/c10-12-11-8-9-4-3-7-14(9)17(15,16)13-5-1-2-6-13/h9H,1-8H2. The molecule has 17 heavy (non-hydrogen) atoms. The molecule has 0 bridgehead atoms. The van der Waals surface area contributed by atoms with Crippen LogP contribution in [0.25, 0.3) is 10.4 Å². The van der Waals surface area contributed by atoms with E-state index in [0.717, 1.165) is 25.7 Å². The van der Waals surface area contributed by atoms with Crippen LogP contribution in [0.2, 0.25) is 0 Å². The van der Waals surface area contributed by atoms with E-state index in [1.807, 2.05) is 0 Å². The Kier molecular flexibility index (Phi) is 3.88. The number of rotatable bonds is 4. The van der Waals surface area contributed by atoms with Gasteiger partial charge in [-0.05, 0) is 31.2 Å². The van der Waals surface area contributed by atoms with Gasteiger partial charge in [-0.2, -0.15) is 17.0 Å². The molecule has 0 N–H and O–H groups in total. The summed E-state index contributed by atoms with van der Waals surface area (Å²) >= 11 is 0. The Balaban J connectivity index is 2.11. The van der Waals surface area contributed by atoms with Gasteiger partial charge < -0.3 is 0 Å². The largest absolute Gasteiger partial charge is 0.282 e. The van der Waals surface area contributed by atoms with Crippen molar-refractivity contribution >= 4 is 10.2 Å². The molecular weight excluding hydrogens is 242 g/mol. The van der Waals surface area contributed by atoms with E-state index in [1.165, 1.54) is 4.31 Å². The van der Waals surface area contributed by atoms with Crippen LogP contribution in [0.1, 0.15) is 25.7 Å². The highest BCUT2D eigenvalue weighted by Gasteiger charge is 2.38. The number of hydrogen-bond donors (Lipinski definition) is 0. The van der Waals surface area contributed by atoms with Gasteiger partial charge in [0.05, 0.1) is 0 Å². The Morgan fingerprint density at radius 2 is 1.94 bits per heavy atom. The zero-order valence-corrected chi connectivity index (χ0v) is 10.5. The van der Waals surface area contributed by atoms with Crippen LogP contribution in [0.3, 0.4) is 0 Å². The summed E-state index contributed by atoms with van der Waals surface area (Å²) in [7, 11) is -3.33. The highest BCUT2D eigenvalue weighted by atomic mass is 32.2. The summed E-state index contributed by atoms with van der Waals surface area (Å²) in [5, 5.41) is 3.50. The van der Waals surface area contributed by atoms with Crippen molar-refractivity contribution in [3.05, 3.63) is 10.4 Å². The van der Waals surface area contributed by atoms with Crippen LogP contribution in [-0.4, -0.2) is 49.2 Å². The molecule has 2 heterocycles. The van der Waals surface area contributed by atoms with E-state index in [-0.39, 0.29) is 12.6 Å². The van der Waals surface area contributed by atoms with Crippen molar-refractivity contribution in [1.82, 2.24) is 8.61 Å². The third kappa shape index (κ3) is 2.55. The molecule has 2 fully saturated rings. The van der Waals surface area contributed by atoms with Gasteiger partial charge in [-0.3, -0.25) is 0 Å². The summed E-state index contributed by atoms with van der Waals surface area (Å²) in [4.78, 5) is 2.70. The number of hydrogen-bond acceptors (Lipinski definition) is 3. The van der Waals surface area contributed by atoms with Gasteiger partial charge in [0.15, 0.2) is 0 Å². The highest BCUT2D eigenvalue weighted by Crippen LogP contribution is 2.25. The Morgan fingerprint density at radius 3 is 2.59 bits per heavy atom. The maximum absolute atomic E-state index is 12.3. The molecule has 1 unspecified atom stereocenters. The van der Waals surface area contributed by atoms with Gasteiger partial charge >= 0.3 is 0 Å². The molecule has 1 atom stereocenters. The molecule has 7 nitrogen and oxygen atoms in total. The Morgan fingerprint density at radius 1 is 1.24 bits per heavy atom. The van der Waals surface area contributed by atoms with E-state index < -0.39 is 10.2 Å². The SMILES string of the molecule is [N-]=[N+]=NCC1CCCN1S(=O)(=O)N1CCCC1. The van der Waals surface area contributed by atoms with Gasteiger partial charge in [0.25, 0.3) is 10.2 Å². The third-order valence-electron chi connectivity index (χ3n) is 3.37. The first-order valence-electron chi connectivity index (χ1n) is 5.94. The van der Waals surface area contributed by atoms with Crippen molar-refractivity contribution in [3.8, 4) is 0 Å². The molecule has 0 aromatic heterocycles. The molecule has 0 saturated carbocycles. The number of nitrogens with zero attached hydrogens (tertiary/aromatic N) is 5. The topological polar surface area (TPSA) is 89.4 Å². The van der Waals surface area contributed by atoms with Crippen LogP contribution in [0, 0.1) is 0 Å². The maximum atomic E-state index is 12.3. The monoisotopic (exact) mass is 259 g/mol. The molecule has 2 rings (SSSR count). The first-order chi connectivity index (χ1) is 8.16. The van der Waals surface area contributed by atoms with Gasteiger partial charge in [-0.15, -0.1) is 0 Å². The average molecular weight is 259 g/mol. The van der Waals surface area contributed by atoms with E-state index in [9.17, 15) is 8.42 Å². The smallest absolute Gasteiger partial charge is 0.195 e. The number of azide groups is 1. The van der Waals surface area contributed by atoms with Crippen LogP contribution < -0.4 is 0 Å². The highest BCUT2D eigenvalue weighted by molar-refractivity contribution is 7.86. The fourth-order valence-electron chi connectivity index (χ4n) is 2.49. The molecule has 2 aliphatic heterocycles. The minimum Gasteiger partial charge on any atom is -0.195 e. The summed E-state index contributed by atoms with van der Waals surface area (Å²) in [6, 6.07) is -0.156. The fourth-order valence-corrected chi connectivity index (χ4v) is 4.42. The van der Waals surface area contributed by atoms with Crippen molar-refractivity contribution in [2.24, 2.45) is 5.11 Å². The van der Waals surface area contributed by atoms with Crippen LogP contribution >= 0.6 is 0 Å². The summed E-state index contributed by atoms with van der Waals surface area (Å²) in [5.74, 6) is 0. The van der Waals surface area contributed by atoms with Gasteiger partial charge in [-0.25, -0.2) is 0 Å². The normalized spacial score (nSPS) is 27.2. The van der Waals surface area contributed by atoms with E-state index >= 15 is 0 Å². The van der Waals surface area contributed by atoms with Crippen molar-refractivity contribution in [2.75, 3.05) is 26.2 Å². The molecule has 0 aliphatic carbocycles. The maximum Gasteiger partial charge on any atom is 0.282 e. The van der Waals surface area contributed by atoms with Crippen LogP contribution in [0.5, 0.6) is 0 Å². The van der Waals surface area contributed by atoms with Crippen LogP contribution in [-0.2, 0) is 10.2 Å². The summed E-state index contributed by atoms with van der Waals surface area (Å²) in [6.45, 7) is 2.02. The average Bonchev–Trinajstić information content (AvgIpc) is 2.97. The second-order valence-corrected chi connectivity index (χ2v) is 6.32. The molecule has 0 radical (unpaired) electrons. The van der Waals surface area contributed by atoms with Crippen molar-refractivity contribution < 1.29 is 8.42 Å².